The van der Waals surface area contributed by atoms with Crippen molar-refractivity contribution in [3.63, 3.8) is 0 Å². The van der Waals surface area contributed by atoms with Gasteiger partial charge in [0.1, 0.15) is 17.3 Å². The zero-order valence-corrected chi connectivity index (χ0v) is 10.6. The molecule has 7 nitrogen and oxygen atoms in total. The number of hydrogen-bond donors (Lipinski definition) is 2. The van der Waals surface area contributed by atoms with Crippen molar-refractivity contribution in [3.05, 3.63) is 48.0 Å². The third-order valence-corrected chi connectivity index (χ3v) is 2.34. The lowest BCUT2D eigenvalue weighted by molar-refractivity contribution is 0.0631. The summed E-state index contributed by atoms with van der Waals surface area (Å²) in [5.41, 5.74) is 9.89. The van der Waals surface area contributed by atoms with Crippen LogP contribution in [-0.4, -0.2) is 17.0 Å². The van der Waals surface area contributed by atoms with Crippen LogP contribution in [0.2, 0.25) is 0 Å². The molecule has 0 aliphatic rings. The van der Waals surface area contributed by atoms with Crippen LogP contribution in [0.15, 0.2) is 36.5 Å². The van der Waals surface area contributed by atoms with Crippen molar-refractivity contribution in [2.45, 2.75) is 0 Å². The molecule has 2 rings (SSSR count). The van der Waals surface area contributed by atoms with E-state index in [0.717, 1.165) is 6.07 Å². The zero-order chi connectivity index (χ0) is 15.4. The number of pyridine rings is 1. The Morgan fingerprint density at radius 2 is 1.86 bits per heavy atom. The topological polar surface area (TPSA) is 118 Å². The summed E-state index contributed by atoms with van der Waals surface area (Å²) in [5.74, 6) is -1.26. The van der Waals surface area contributed by atoms with Crippen LogP contribution in [-0.2, 0) is 4.74 Å². The van der Waals surface area contributed by atoms with Gasteiger partial charge >= 0.3 is 12.1 Å². The number of hydrogen-bond acceptors (Lipinski definition) is 6. The molecule has 1 amide bonds. The van der Waals surface area contributed by atoms with E-state index in [1.807, 2.05) is 0 Å². The van der Waals surface area contributed by atoms with E-state index in [0.29, 0.717) is 0 Å². The predicted molar refractivity (Wildman–Crippen MR) is 70.1 cm³/mol. The Morgan fingerprint density at radius 3 is 2.52 bits per heavy atom. The van der Waals surface area contributed by atoms with Crippen molar-refractivity contribution in [2.75, 3.05) is 5.73 Å². The highest BCUT2D eigenvalue weighted by Gasteiger charge is 2.13. The quantitative estimate of drug-likeness (QED) is 0.506. The molecule has 0 fully saturated rings. The Hall–Kier alpha value is -3.16. The van der Waals surface area contributed by atoms with Crippen molar-refractivity contribution < 1.29 is 23.5 Å². The second kappa shape index (κ2) is 5.87. The lowest BCUT2D eigenvalue weighted by Gasteiger charge is -2.07. The normalized spacial score (nSPS) is 9.95. The largest absolute Gasteiger partial charge is 0.457 e. The van der Waals surface area contributed by atoms with Crippen molar-refractivity contribution in [1.29, 1.82) is 0 Å². The highest BCUT2D eigenvalue weighted by molar-refractivity contribution is 5.94. The maximum atomic E-state index is 13.3. The van der Waals surface area contributed by atoms with Crippen LogP contribution >= 0.6 is 0 Å². The number of esters is 1. The van der Waals surface area contributed by atoms with Gasteiger partial charge in [0, 0.05) is 18.3 Å². The summed E-state index contributed by atoms with van der Waals surface area (Å²) in [5, 5.41) is 0. The number of ether oxygens (including phenoxy) is 2. The number of anilines is 1. The first-order valence-electron chi connectivity index (χ1n) is 5.66. The number of carbonyl (C=O) groups is 2. The first-order chi connectivity index (χ1) is 9.95. The van der Waals surface area contributed by atoms with Gasteiger partial charge < -0.3 is 20.9 Å². The molecule has 0 bridgehead atoms. The fourth-order valence-electron chi connectivity index (χ4n) is 1.44. The molecule has 0 aliphatic carbocycles. The number of benzene rings is 1. The number of nitrogen functional groups attached to an aromatic ring is 1. The van der Waals surface area contributed by atoms with E-state index in [1.165, 1.54) is 30.5 Å². The lowest BCUT2D eigenvalue weighted by Crippen LogP contribution is -2.19. The first-order valence-corrected chi connectivity index (χ1v) is 5.66. The lowest BCUT2D eigenvalue weighted by atomic mass is 10.3. The number of nitrogens with two attached hydrogens (primary N) is 2. The number of primary amides is 1. The van der Waals surface area contributed by atoms with Crippen LogP contribution in [0.25, 0.3) is 0 Å². The standard InChI is InChI=1S/C13H10FN3O4/c14-9-5-7(1-2-10(9)15)20-8-3-4-17-11(6-8)12(18)21-13(16)19/h1-6H,15H2,(H2,16,19). The summed E-state index contributed by atoms with van der Waals surface area (Å²) in [6.07, 6.45) is 0.0225. The van der Waals surface area contributed by atoms with Gasteiger partial charge in [-0.15, -0.1) is 0 Å². The minimum Gasteiger partial charge on any atom is -0.457 e. The van der Waals surface area contributed by atoms with Crippen LogP contribution in [0.3, 0.4) is 0 Å². The van der Waals surface area contributed by atoms with E-state index in [1.54, 1.807) is 0 Å². The molecule has 8 heteroatoms. The van der Waals surface area contributed by atoms with E-state index in [9.17, 15) is 14.0 Å². The summed E-state index contributed by atoms with van der Waals surface area (Å²) in [7, 11) is 0. The molecule has 0 saturated carbocycles. The molecule has 0 radical (unpaired) electrons. The van der Waals surface area contributed by atoms with Gasteiger partial charge in [0.05, 0.1) is 5.69 Å². The Balaban J connectivity index is 2.19. The average molecular weight is 291 g/mol. The number of aromatic nitrogens is 1. The molecule has 21 heavy (non-hydrogen) atoms. The molecule has 0 spiro atoms. The zero-order valence-electron chi connectivity index (χ0n) is 10.6. The van der Waals surface area contributed by atoms with Gasteiger partial charge in [0.25, 0.3) is 0 Å². The highest BCUT2D eigenvalue weighted by atomic mass is 19.1. The van der Waals surface area contributed by atoms with E-state index in [2.05, 4.69) is 9.72 Å². The summed E-state index contributed by atoms with van der Waals surface area (Å²) >= 11 is 0. The van der Waals surface area contributed by atoms with Crippen molar-refractivity contribution in [1.82, 2.24) is 4.98 Å². The molecule has 0 aliphatic heterocycles. The van der Waals surface area contributed by atoms with Gasteiger partial charge in [-0.05, 0) is 18.2 Å². The van der Waals surface area contributed by atoms with Gasteiger partial charge in [-0.3, -0.25) is 0 Å². The van der Waals surface area contributed by atoms with Crippen LogP contribution in [0.5, 0.6) is 11.5 Å². The SMILES string of the molecule is NC(=O)OC(=O)c1cc(Oc2ccc(N)c(F)c2)ccn1. The minimum atomic E-state index is -1.24. The van der Waals surface area contributed by atoms with Gasteiger partial charge in [-0.1, -0.05) is 0 Å². The second-order valence-electron chi connectivity index (χ2n) is 3.87. The second-order valence-corrected chi connectivity index (χ2v) is 3.87. The molecule has 108 valence electrons. The highest BCUT2D eigenvalue weighted by Crippen LogP contribution is 2.24. The van der Waals surface area contributed by atoms with Gasteiger partial charge in [-0.25, -0.2) is 19.0 Å². The molecule has 1 aromatic carbocycles. The Bertz CT molecular complexity index is 706. The minimum absolute atomic E-state index is 0.0113. The summed E-state index contributed by atoms with van der Waals surface area (Å²) in [4.78, 5) is 25.6. The third-order valence-electron chi connectivity index (χ3n) is 2.34. The number of carbonyl (C=O) groups excluding carboxylic acids is 2. The van der Waals surface area contributed by atoms with Crippen molar-refractivity contribution >= 4 is 17.7 Å². The molecule has 4 N–H and O–H groups in total. The Labute approximate surface area is 118 Å². The maximum absolute atomic E-state index is 13.3. The van der Waals surface area contributed by atoms with Crippen molar-refractivity contribution in [2.24, 2.45) is 5.73 Å². The molecule has 1 aromatic heterocycles. The molecule has 0 atom stereocenters. The molecular weight excluding hydrogens is 281 g/mol. The van der Waals surface area contributed by atoms with E-state index in [-0.39, 0.29) is 22.9 Å². The fourth-order valence-corrected chi connectivity index (χ4v) is 1.44. The monoisotopic (exact) mass is 291 g/mol. The molecule has 0 saturated heterocycles. The van der Waals surface area contributed by atoms with Gasteiger partial charge in [0.15, 0.2) is 5.69 Å². The van der Waals surface area contributed by atoms with Crippen LogP contribution in [0.1, 0.15) is 10.5 Å². The van der Waals surface area contributed by atoms with Crippen molar-refractivity contribution in [3.8, 4) is 11.5 Å². The van der Waals surface area contributed by atoms with E-state index < -0.39 is 17.9 Å². The number of amides is 1. The van der Waals surface area contributed by atoms with E-state index >= 15 is 0 Å². The summed E-state index contributed by atoms with van der Waals surface area (Å²) in [6, 6.07) is 6.56. The van der Waals surface area contributed by atoms with Crippen LogP contribution in [0.4, 0.5) is 14.9 Å². The Kier molecular flexibility index (Phi) is 3.98. The Morgan fingerprint density at radius 1 is 1.14 bits per heavy atom. The molecule has 1 heterocycles. The average Bonchev–Trinajstić information content (AvgIpc) is 2.42. The predicted octanol–water partition coefficient (Wildman–Crippen LogP) is 1.83. The third kappa shape index (κ3) is 3.66. The fraction of sp³-hybridized carbons (Fsp3) is 0. The molecule has 0 unspecified atom stereocenters. The van der Waals surface area contributed by atoms with Gasteiger partial charge in [-0.2, -0.15) is 0 Å². The summed E-state index contributed by atoms with van der Waals surface area (Å²) < 4.78 is 22.8. The maximum Gasteiger partial charge on any atom is 0.412 e. The number of rotatable bonds is 3. The van der Waals surface area contributed by atoms with Crippen LogP contribution < -0.4 is 16.2 Å². The smallest absolute Gasteiger partial charge is 0.412 e. The van der Waals surface area contributed by atoms with Crippen LogP contribution in [0, 0.1) is 5.82 Å². The number of halogens is 1. The molecule has 2 aromatic rings. The van der Waals surface area contributed by atoms with E-state index in [4.69, 9.17) is 16.2 Å². The molecular formula is C13H10FN3O4. The number of nitrogens with zero attached hydrogens (tertiary/aromatic N) is 1. The first kappa shape index (κ1) is 14.3. The summed E-state index contributed by atoms with van der Waals surface area (Å²) in [6.45, 7) is 0. The van der Waals surface area contributed by atoms with Gasteiger partial charge in [0.2, 0.25) is 0 Å².